The van der Waals surface area contributed by atoms with Gasteiger partial charge >= 0.3 is 0 Å². The lowest BCUT2D eigenvalue weighted by molar-refractivity contribution is 0.102. The van der Waals surface area contributed by atoms with Crippen LogP contribution in [-0.2, 0) is 0 Å². The van der Waals surface area contributed by atoms with Crippen LogP contribution in [0.3, 0.4) is 0 Å². The molecule has 1 amide bonds. The van der Waals surface area contributed by atoms with Crippen molar-refractivity contribution in [3.8, 4) is 0 Å². The molecule has 2 heterocycles. The van der Waals surface area contributed by atoms with Crippen LogP contribution in [0.5, 0.6) is 0 Å². The number of hydrogen-bond acceptors (Lipinski definition) is 3. The zero-order chi connectivity index (χ0) is 14.8. The number of carbonyl (C=O) groups is 1. The van der Waals surface area contributed by atoms with E-state index in [1.54, 1.807) is 18.5 Å². The molecule has 0 fully saturated rings. The highest BCUT2D eigenvalue weighted by Gasteiger charge is 2.12. The molecular weight excluding hydrogens is 286 g/mol. The smallest absolute Gasteiger partial charge is 0.256 e. The second-order valence-electron chi connectivity index (χ2n) is 4.71. The van der Waals surface area contributed by atoms with Gasteiger partial charge in [0, 0.05) is 11.6 Å². The topological polar surface area (TPSA) is 54.9 Å². The average molecular weight is 298 g/mol. The van der Waals surface area contributed by atoms with Crippen LogP contribution in [0.1, 0.15) is 15.9 Å². The second-order valence-corrected chi connectivity index (χ2v) is 5.10. The average Bonchev–Trinajstić information content (AvgIpc) is 2.46. The first-order chi connectivity index (χ1) is 10.1. The summed E-state index contributed by atoms with van der Waals surface area (Å²) in [5.74, 6) is -0.233. The van der Waals surface area contributed by atoms with Gasteiger partial charge in [0.05, 0.1) is 23.0 Å². The number of pyridine rings is 2. The zero-order valence-corrected chi connectivity index (χ0v) is 12.1. The van der Waals surface area contributed by atoms with Gasteiger partial charge in [-0.25, -0.2) is 4.98 Å². The van der Waals surface area contributed by atoms with E-state index in [2.05, 4.69) is 15.3 Å². The van der Waals surface area contributed by atoms with Gasteiger partial charge in [-0.05, 0) is 30.7 Å². The SMILES string of the molecule is Cc1cncc(NC(=O)c2cc(Cl)nc3ccccc23)c1. The van der Waals surface area contributed by atoms with Crippen molar-refractivity contribution in [2.75, 3.05) is 5.32 Å². The Labute approximate surface area is 126 Å². The fraction of sp³-hybridized carbons (Fsp3) is 0.0625. The van der Waals surface area contributed by atoms with Crippen LogP contribution in [0.25, 0.3) is 10.9 Å². The molecule has 0 aliphatic rings. The molecule has 0 aliphatic heterocycles. The minimum absolute atomic E-state index is 0.233. The highest BCUT2D eigenvalue weighted by atomic mass is 35.5. The molecule has 0 spiro atoms. The summed E-state index contributed by atoms with van der Waals surface area (Å²) in [4.78, 5) is 20.7. The maximum atomic E-state index is 12.5. The Hall–Kier alpha value is -2.46. The summed E-state index contributed by atoms with van der Waals surface area (Å²) in [6.07, 6.45) is 3.34. The van der Waals surface area contributed by atoms with Crippen molar-refractivity contribution in [3.05, 3.63) is 65.1 Å². The molecule has 0 unspecified atom stereocenters. The van der Waals surface area contributed by atoms with E-state index in [0.29, 0.717) is 21.9 Å². The Balaban J connectivity index is 2.02. The molecule has 0 saturated heterocycles. The Kier molecular flexibility index (Phi) is 3.54. The molecule has 0 bridgehead atoms. The first-order valence-corrected chi connectivity index (χ1v) is 6.79. The van der Waals surface area contributed by atoms with Crippen LogP contribution in [0.2, 0.25) is 5.15 Å². The van der Waals surface area contributed by atoms with Gasteiger partial charge in [-0.15, -0.1) is 0 Å². The van der Waals surface area contributed by atoms with Gasteiger partial charge in [-0.1, -0.05) is 29.8 Å². The fourth-order valence-corrected chi connectivity index (χ4v) is 2.35. The number of anilines is 1. The minimum Gasteiger partial charge on any atom is -0.321 e. The largest absolute Gasteiger partial charge is 0.321 e. The molecule has 104 valence electrons. The summed E-state index contributed by atoms with van der Waals surface area (Å²) >= 11 is 5.99. The third kappa shape index (κ3) is 2.85. The summed E-state index contributed by atoms with van der Waals surface area (Å²) in [6, 6.07) is 10.8. The van der Waals surface area contributed by atoms with Crippen LogP contribution >= 0.6 is 11.6 Å². The Morgan fingerprint density at radius 3 is 2.81 bits per heavy atom. The number of aryl methyl sites for hydroxylation is 1. The first kappa shape index (κ1) is 13.5. The van der Waals surface area contributed by atoms with Gasteiger partial charge in [0.25, 0.3) is 5.91 Å². The van der Waals surface area contributed by atoms with E-state index < -0.39 is 0 Å². The summed E-state index contributed by atoms with van der Waals surface area (Å²) in [6.45, 7) is 1.92. The number of nitrogens with one attached hydrogen (secondary N) is 1. The van der Waals surface area contributed by atoms with E-state index in [0.717, 1.165) is 10.9 Å². The second kappa shape index (κ2) is 5.50. The van der Waals surface area contributed by atoms with E-state index in [-0.39, 0.29) is 5.91 Å². The number of halogens is 1. The Morgan fingerprint density at radius 2 is 2.00 bits per heavy atom. The number of hydrogen-bond donors (Lipinski definition) is 1. The van der Waals surface area contributed by atoms with Gasteiger partial charge in [-0.3, -0.25) is 9.78 Å². The van der Waals surface area contributed by atoms with Crippen LogP contribution in [0.4, 0.5) is 5.69 Å². The van der Waals surface area contributed by atoms with Gasteiger partial charge in [0.2, 0.25) is 0 Å². The predicted octanol–water partition coefficient (Wildman–Crippen LogP) is 3.84. The number of carbonyl (C=O) groups excluding carboxylic acids is 1. The molecule has 3 aromatic rings. The van der Waals surface area contributed by atoms with E-state index in [9.17, 15) is 4.79 Å². The highest BCUT2D eigenvalue weighted by Crippen LogP contribution is 2.22. The lowest BCUT2D eigenvalue weighted by Gasteiger charge is -2.08. The normalized spacial score (nSPS) is 10.6. The summed E-state index contributed by atoms with van der Waals surface area (Å²) in [5, 5.41) is 3.89. The van der Waals surface area contributed by atoms with Crippen LogP contribution in [0, 0.1) is 6.92 Å². The monoisotopic (exact) mass is 297 g/mol. The molecule has 5 heteroatoms. The van der Waals surface area contributed by atoms with Crippen LogP contribution in [0.15, 0.2) is 48.8 Å². The van der Waals surface area contributed by atoms with Crippen molar-refractivity contribution in [1.29, 1.82) is 0 Å². The lowest BCUT2D eigenvalue weighted by Crippen LogP contribution is -2.13. The zero-order valence-electron chi connectivity index (χ0n) is 11.3. The van der Waals surface area contributed by atoms with Gasteiger partial charge in [-0.2, -0.15) is 0 Å². The number of amides is 1. The molecular formula is C16H12ClN3O. The summed E-state index contributed by atoms with van der Waals surface area (Å²) in [5.41, 5.74) is 2.81. The number of para-hydroxylation sites is 1. The maximum Gasteiger partial charge on any atom is 0.256 e. The van der Waals surface area contributed by atoms with Crippen molar-refractivity contribution >= 4 is 34.1 Å². The standard InChI is InChI=1S/C16H12ClN3O/c1-10-6-11(9-18-8-10)19-16(21)13-7-15(17)20-14-5-3-2-4-12(13)14/h2-9H,1H3,(H,19,21). The van der Waals surface area contributed by atoms with Crippen molar-refractivity contribution in [2.45, 2.75) is 6.92 Å². The molecule has 3 rings (SSSR count). The molecule has 0 aliphatic carbocycles. The number of aromatic nitrogens is 2. The molecule has 0 radical (unpaired) electrons. The highest BCUT2D eigenvalue weighted by molar-refractivity contribution is 6.30. The van der Waals surface area contributed by atoms with Crippen LogP contribution in [-0.4, -0.2) is 15.9 Å². The third-order valence-corrected chi connectivity index (χ3v) is 3.26. The summed E-state index contributed by atoms with van der Waals surface area (Å²) < 4.78 is 0. The van der Waals surface area contributed by atoms with Crippen molar-refractivity contribution in [1.82, 2.24) is 9.97 Å². The number of fused-ring (bicyclic) bond motifs is 1. The summed E-state index contributed by atoms with van der Waals surface area (Å²) in [7, 11) is 0. The van der Waals surface area contributed by atoms with E-state index in [1.165, 1.54) is 0 Å². The molecule has 4 nitrogen and oxygen atoms in total. The number of benzene rings is 1. The van der Waals surface area contributed by atoms with Gasteiger partial charge in [0.1, 0.15) is 5.15 Å². The maximum absolute atomic E-state index is 12.5. The van der Waals surface area contributed by atoms with Gasteiger partial charge in [0.15, 0.2) is 0 Å². The molecule has 1 N–H and O–H groups in total. The first-order valence-electron chi connectivity index (χ1n) is 6.42. The molecule has 0 saturated carbocycles. The fourth-order valence-electron chi connectivity index (χ4n) is 2.15. The number of nitrogens with zero attached hydrogens (tertiary/aromatic N) is 2. The molecule has 0 atom stereocenters. The van der Waals surface area contributed by atoms with Crippen molar-refractivity contribution < 1.29 is 4.79 Å². The van der Waals surface area contributed by atoms with Gasteiger partial charge < -0.3 is 5.32 Å². The quantitative estimate of drug-likeness (QED) is 0.731. The number of rotatable bonds is 2. The van der Waals surface area contributed by atoms with E-state index in [1.807, 2.05) is 37.3 Å². The Morgan fingerprint density at radius 1 is 1.19 bits per heavy atom. The molecule has 1 aromatic carbocycles. The van der Waals surface area contributed by atoms with Crippen LogP contribution < -0.4 is 5.32 Å². The van der Waals surface area contributed by atoms with Crippen molar-refractivity contribution in [3.63, 3.8) is 0 Å². The van der Waals surface area contributed by atoms with Crippen molar-refractivity contribution in [2.24, 2.45) is 0 Å². The van der Waals surface area contributed by atoms with E-state index >= 15 is 0 Å². The predicted molar refractivity (Wildman–Crippen MR) is 83.7 cm³/mol. The lowest BCUT2D eigenvalue weighted by atomic mass is 10.1. The molecule has 21 heavy (non-hydrogen) atoms. The third-order valence-electron chi connectivity index (χ3n) is 3.06. The molecule has 2 aromatic heterocycles. The minimum atomic E-state index is -0.233. The Bertz CT molecular complexity index is 833. The van der Waals surface area contributed by atoms with E-state index in [4.69, 9.17) is 11.6 Å².